The third-order valence-electron chi connectivity index (χ3n) is 5.95. The number of anilines is 2. The lowest BCUT2D eigenvalue weighted by Gasteiger charge is -2.09. The number of ether oxygens (including phenoxy) is 1. The minimum Gasteiger partial charge on any atom is -0.485 e. The maximum atomic E-state index is 12.1. The van der Waals surface area contributed by atoms with Crippen LogP contribution in [-0.2, 0) is 6.61 Å². The molecule has 6 rings (SSSR count). The van der Waals surface area contributed by atoms with E-state index in [1.165, 1.54) is 6.33 Å². The predicted octanol–water partition coefficient (Wildman–Crippen LogP) is 5.50. The molecule has 6 aromatic rings. The van der Waals surface area contributed by atoms with Crippen molar-refractivity contribution in [3.05, 3.63) is 106 Å². The number of hydrogen-bond acceptors (Lipinski definition) is 8. The van der Waals surface area contributed by atoms with Gasteiger partial charge in [0.15, 0.2) is 12.3 Å². The summed E-state index contributed by atoms with van der Waals surface area (Å²) in [6.07, 6.45) is 1.51. The van der Waals surface area contributed by atoms with Crippen LogP contribution in [0.4, 0.5) is 11.5 Å². The molecule has 188 valence electrons. The SMILES string of the molecule is Cc1nn(-c2ccc(Br)cc2)c2ncnc(Nc3ccc(OCc4c(-c5ccccc5)no[n+]4[O-])cc3)c12. The second kappa shape index (κ2) is 9.94. The van der Waals surface area contributed by atoms with E-state index in [4.69, 9.17) is 9.37 Å². The quantitative estimate of drug-likeness (QED) is 0.250. The lowest BCUT2D eigenvalue weighted by molar-refractivity contribution is -0.808. The van der Waals surface area contributed by atoms with Gasteiger partial charge in [0.25, 0.3) is 5.69 Å². The summed E-state index contributed by atoms with van der Waals surface area (Å²) in [6.45, 7) is 1.94. The zero-order valence-corrected chi connectivity index (χ0v) is 21.7. The van der Waals surface area contributed by atoms with Gasteiger partial charge in [-0.25, -0.2) is 14.6 Å². The number of rotatable bonds is 7. The molecule has 0 spiro atoms. The summed E-state index contributed by atoms with van der Waals surface area (Å²) in [4.78, 5) is 9.31. The van der Waals surface area contributed by atoms with E-state index in [9.17, 15) is 5.21 Å². The van der Waals surface area contributed by atoms with Gasteiger partial charge < -0.3 is 15.3 Å². The number of halogens is 1. The van der Waals surface area contributed by atoms with Crippen LogP contribution >= 0.6 is 15.9 Å². The van der Waals surface area contributed by atoms with Gasteiger partial charge >= 0.3 is 0 Å². The highest BCUT2D eigenvalue weighted by atomic mass is 79.9. The molecule has 38 heavy (non-hydrogen) atoms. The Balaban J connectivity index is 1.20. The van der Waals surface area contributed by atoms with Gasteiger partial charge in [-0.15, -0.1) is 0 Å². The van der Waals surface area contributed by atoms with E-state index in [0.717, 1.165) is 32.5 Å². The summed E-state index contributed by atoms with van der Waals surface area (Å²) in [6, 6.07) is 24.6. The molecule has 0 saturated carbocycles. The van der Waals surface area contributed by atoms with E-state index in [-0.39, 0.29) is 6.61 Å². The Morgan fingerprint density at radius 3 is 2.53 bits per heavy atom. The molecule has 0 amide bonds. The summed E-state index contributed by atoms with van der Waals surface area (Å²) in [7, 11) is 0. The summed E-state index contributed by atoms with van der Waals surface area (Å²) in [5.74, 6) is 1.23. The molecule has 1 N–H and O–H groups in total. The molecular formula is C27H20BrN7O3. The average molecular weight is 570 g/mol. The lowest BCUT2D eigenvalue weighted by atomic mass is 10.1. The molecule has 10 nitrogen and oxygen atoms in total. The van der Waals surface area contributed by atoms with Crippen molar-refractivity contribution in [3.63, 3.8) is 0 Å². The first kappa shape index (κ1) is 23.6. The Labute approximate surface area is 225 Å². The van der Waals surface area contributed by atoms with E-state index < -0.39 is 0 Å². The normalized spacial score (nSPS) is 11.1. The van der Waals surface area contributed by atoms with E-state index in [1.807, 2.05) is 85.8 Å². The summed E-state index contributed by atoms with van der Waals surface area (Å²) in [5, 5.41) is 24.9. The van der Waals surface area contributed by atoms with Crippen LogP contribution in [0.5, 0.6) is 5.75 Å². The van der Waals surface area contributed by atoms with Gasteiger partial charge in [-0.3, -0.25) is 4.63 Å². The minimum absolute atomic E-state index is 0.00493. The Hall–Kier alpha value is -4.77. The molecule has 3 heterocycles. The smallest absolute Gasteiger partial charge is 0.255 e. The summed E-state index contributed by atoms with van der Waals surface area (Å²) >= 11 is 3.47. The maximum absolute atomic E-state index is 12.1. The molecule has 3 aromatic carbocycles. The highest BCUT2D eigenvalue weighted by Crippen LogP contribution is 2.29. The molecule has 0 aliphatic rings. The fourth-order valence-electron chi connectivity index (χ4n) is 4.10. The van der Waals surface area contributed by atoms with Crippen LogP contribution in [0.2, 0.25) is 0 Å². The van der Waals surface area contributed by atoms with Crippen LogP contribution in [0.25, 0.3) is 28.0 Å². The van der Waals surface area contributed by atoms with Gasteiger partial charge in [0, 0.05) is 20.9 Å². The van der Waals surface area contributed by atoms with Crippen LogP contribution < -0.4 is 15.0 Å². The van der Waals surface area contributed by atoms with Gasteiger partial charge in [0.05, 0.1) is 16.8 Å². The number of nitrogens with zero attached hydrogens (tertiary/aromatic N) is 6. The number of aryl methyl sites for hydroxylation is 1. The Kier molecular flexibility index (Phi) is 6.18. The summed E-state index contributed by atoms with van der Waals surface area (Å²) in [5.41, 5.74) is 4.74. The van der Waals surface area contributed by atoms with Crippen LogP contribution in [0.15, 0.2) is 94.3 Å². The largest absolute Gasteiger partial charge is 0.485 e. The zero-order chi connectivity index (χ0) is 26.1. The third kappa shape index (κ3) is 4.55. The van der Waals surface area contributed by atoms with Crippen molar-refractivity contribution < 1.29 is 14.3 Å². The number of benzene rings is 3. The van der Waals surface area contributed by atoms with Crippen LogP contribution in [0, 0.1) is 12.1 Å². The van der Waals surface area contributed by atoms with Crippen LogP contribution in [-0.4, -0.2) is 24.9 Å². The van der Waals surface area contributed by atoms with Gasteiger partial charge in [0.1, 0.15) is 17.9 Å². The Morgan fingerprint density at radius 1 is 1.00 bits per heavy atom. The van der Waals surface area contributed by atoms with E-state index in [0.29, 0.717) is 33.5 Å². The van der Waals surface area contributed by atoms with Crippen molar-refractivity contribution in [1.82, 2.24) is 24.9 Å². The fraction of sp³-hybridized carbons (Fsp3) is 0.0741. The molecule has 0 radical (unpaired) electrons. The van der Waals surface area contributed by atoms with Crippen LogP contribution in [0.3, 0.4) is 0 Å². The molecule has 0 saturated heterocycles. The van der Waals surface area contributed by atoms with E-state index in [1.54, 1.807) is 4.68 Å². The molecule has 0 bridgehead atoms. The fourth-order valence-corrected chi connectivity index (χ4v) is 4.36. The first-order chi connectivity index (χ1) is 18.6. The monoisotopic (exact) mass is 569 g/mol. The highest BCUT2D eigenvalue weighted by Gasteiger charge is 2.21. The Bertz CT molecular complexity index is 1720. The van der Waals surface area contributed by atoms with Crippen molar-refractivity contribution in [3.8, 4) is 22.7 Å². The third-order valence-corrected chi connectivity index (χ3v) is 6.48. The van der Waals surface area contributed by atoms with Crippen molar-refractivity contribution in [2.45, 2.75) is 13.5 Å². The molecule has 3 aromatic heterocycles. The molecule has 0 fully saturated rings. The summed E-state index contributed by atoms with van der Waals surface area (Å²) < 4.78 is 13.5. The second-order valence-corrected chi connectivity index (χ2v) is 9.34. The molecule has 0 atom stereocenters. The molecule has 11 heteroatoms. The molecule has 0 aliphatic heterocycles. The molecular weight excluding hydrogens is 550 g/mol. The molecule has 0 aliphatic carbocycles. The van der Waals surface area contributed by atoms with Gasteiger partial charge in [-0.1, -0.05) is 46.3 Å². The first-order valence-electron chi connectivity index (χ1n) is 11.7. The molecule has 0 unspecified atom stereocenters. The van der Waals surface area contributed by atoms with Gasteiger partial charge in [-0.2, -0.15) is 5.10 Å². The van der Waals surface area contributed by atoms with Crippen molar-refractivity contribution in [2.24, 2.45) is 0 Å². The van der Waals surface area contributed by atoms with Crippen molar-refractivity contribution in [1.29, 1.82) is 0 Å². The van der Waals surface area contributed by atoms with E-state index in [2.05, 4.69) is 41.5 Å². The van der Waals surface area contributed by atoms with Crippen LogP contribution in [0.1, 0.15) is 11.4 Å². The maximum Gasteiger partial charge on any atom is 0.255 e. The number of fused-ring (bicyclic) bond motifs is 1. The van der Waals surface area contributed by atoms with E-state index >= 15 is 0 Å². The second-order valence-electron chi connectivity index (χ2n) is 8.42. The zero-order valence-electron chi connectivity index (χ0n) is 20.1. The number of hydrogen-bond donors (Lipinski definition) is 1. The number of aromatic nitrogens is 6. The van der Waals surface area contributed by atoms with Crippen molar-refractivity contribution >= 4 is 38.5 Å². The van der Waals surface area contributed by atoms with Gasteiger partial charge in [0.2, 0.25) is 5.69 Å². The Morgan fingerprint density at radius 2 is 1.76 bits per heavy atom. The first-order valence-corrected chi connectivity index (χ1v) is 12.5. The predicted molar refractivity (Wildman–Crippen MR) is 144 cm³/mol. The standard InChI is InChI=1S/C27H20BrN7O3/c1-17-24-26(29-16-30-27(24)34(32-17)21-11-7-19(28)8-12-21)31-20-9-13-22(14-10-20)37-15-23-25(33-38-35(23)36)18-5-3-2-4-6-18/h2-14,16H,15H2,1H3,(H,29,30,31). The lowest BCUT2D eigenvalue weighted by Crippen LogP contribution is -2.29. The number of nitrogens with one attached hydrogen (secondary N) is 1. The average Bonchev–Trinajstić information content (AvgIpc) is 3.49. The topological polar surface area (TPSA) is 118 Å². The minimum atomic E-state index is 0.00493. The van der Waals surface area contributed by atoms with Gasteiger partial charge in [-0.05, 0) is 60.4 Å². The highest BCUT2D eigenvalue weighted by molar-refractivity contribution is 9.10. The van der Waals surface area contributed by atoms with Crippen molar-refractivity contribution in [2.75, 3.05) is 5.32 Å².